The predicted octanol–water partition coefficient (Wildman–Crippen LogP) is 2.47. The molecule has 1 aromatic heterocycles. The van der Waals surface area contributed by atoms with E-state index in [1.165, 1.54) is 21.5 Å². The molecule has 2 aromatic rings. The van der Waals surface area contributed by atoms with Crippen molar-refractivity contribution in [1.82, 2.24) is 9.88 Å². The second kappa shape index (κ2) is 7.77. The van der Waals surface area contributed by atoms with E-state index < -0.39 is 0 Å². The van der Waals surface area contributed by atoms with Crippen LogP contribution in [0.5, 0.6) is 0 Å². The van der Waals surface area contributed by atoms with Crippen LogP contribution in [0.1, 0.15) is 47.5 Å². The molecule has 1 atom stereocenters. The van der Waals surface area contributed by atoms with E-state index in [1.54, 1.807) is 0 Å². The molecule has 5 nitrogen and oxygen atoms in total. The van der Waals surface area contributed by atoms with Gasteiger partial charge in [-0.25, -0.2) is 0 Å². The van der Waals surface area contributed by atoms with Crippen LogP contribution >= 0.6 is 11.3 Å². The normalized spacial score (nSPS) is 12.4. The third-order valence-corrected chi connectivity index (χ3v) is 5.22. The summed E-state index contributed by atoms with van der Waals surface area (Å²) in [5, 5.41) is 2.81. The molecule has 0 aliphatic heterocycles. The summed E-state index contributed by atoms with van der Waals surface area (Å²) in [6.07, 6.45) is 0. The summed E-state index contributed by atoms with van der Waals surface area (Å²) >= 11 is 1.17. The van der Waals surface area contributed by atoms with Crippen LogP contribution in [0.4, 0.5) is 0 Å². The average Bonchev–Trinajstić information content (AvgIpc) is 2.79. The summed E-state index contributed by atoms with van der Waals surface area (Å²) in [5.74, 6) is 0.276. The minimum atomic E-state index is -0.266. The number of hydrogen-bond acceptors (Lipinski definition) is 4. The lowest BCUT2D eigenvalue weighted by atomic mass is 9.99. The fourth-order valence-electron chi connectivity index (χ4n) is 2.44. The zero-order chi connectivity index (χ0) is 17.9. The number of carbonyl (C=O) groups excluding carboxylic acids is 1. The number of hydrogen-bond donors (Lipinski definition) is 2. The molecule has 0 saturated heterocycles. The molecule has 130 valence electrons. The Morgan fingerprint density at radius 1 is 1.21 bits per heavy atom. The van der Waals surface area contributed by atoms with Gasteiger partial charge in [0.15, 0.2) is 0 Å². The van der Waals surface area contributed by atoms with Crippen molar-refractivity contribution in [2.45, 2.75) is 46.2 Å². The molecule has 0 radical (unpaired) electrons. The van der Waals surface area contributed by atoms with Crippen molar-refractivity contribution in [3.05, 3.63) is 55.6 Å². The van der Waals surface area contributed by atoms with Crippen LogP contribution in [0.25, 0.3) is 0 Å². The fraction of sp³-hybridized carbons (Fsp3) is 0.444. The third-order valence-electron chi connectivity index (χ3n) is 4.23. The van der Waals surface area contributed by atoms with Gasteiger partial charge in [0.2, 0.25) is 5.91 Å². The van der Waals surface area contributed by atoms with Gasteiger partial charge >= 0.3 is 4.87 Å². The molecule has 1 heterocycles. The van der Waals surface area contributed by atoms with Crippen molar-refractivity contribution < 1.29 is 4.79 Å². The van der Waals surface area contributed by atoms with Crippen molar-refractivity contribution in [3.63, 3.8) is 0 Å². The fourth-order valence-corrected chi connectivity index (χ4v) is 3.27. The highest BCUT2D eigenvalue weighted by atomic mass is 32.1. The van der Waals surface area contributed by atoms with Crippen molar-refractivity contribution >= 4 is 17.2 Å². The Bertz CT molecular complexity index is 760. The number of nitrogens with zero attached hydrogens (tertiary/aromatic N) is 1. The van der Waals surface area contributed by atoms with Gasteiger partial charge in [0.25, 0.3) is 0 Å². The zero-order valence-corrected chi connectivity index (χ0v) is 15.4. The number of benzene rings is 1. The molecule has 6 heteroatoms. The Balaban J connectivity index is 1.92. The Morgan fingerprint density at radius 2 is 1.79 bits per heavy atom. The highest BCUT2D eigenvalue weighted by molar-refractivity contribution is 7.09. The maximum absolute atomic E-state index is 12.1. The summed E-state index contributed by atoms with van der Waals surface area (Å²) in [6, 6.07) is 7.88. The van der Waals surface area contributed by atoms with E-state index in [4.69, 9.17) is 5.73 Å². The molecule has 3 N–H and O–H groups in total. The van der Waals surface area contributed by atoms with Crippen molar-refractivity contribution in [3.8, 4) is 0 Å². The first-order valence-corrected chi connectivity index (χ1v) is 8.90. The first-order chi connectivity index (χ1) is 11.3. The molecule has 0 aliphatic carbocycles. The molecule has 0 bridgehead atoms. The maximum atomic E-state index is 12.1. The molecule has 0 fully saturated rings. The number of rotatable bonds is 6. The molecule has 2 rings (SSSR count). The van der Waals surface area contributed by atoms with Crippen LogP contribution < -0.4 is 15.9 Å². The molecular formula is C18H25N3O2S. The Labute approximate surface area is 146 Å². The van der Waals surface area contributed by atoms with Crippen molar-refractivity contribution in [1.29, 1.82) is 0 Å². The molecule has 0 saturated carbocycles. The average molecular weight is 347 g/mol. The molecule has 0 aliphatic rings. The second-order valence-electron chi connectivity index (χ2n) is 6.33. The highest BCUT2D eigenvalue weighted by Gasteiger charge is 2.13. The Kier molecular flexibility index (Phi) is 5.96. The number of nitrogens with one attached hydrogen (secondary N) is 1. The smallest absolute Gasteiger partial charge is 0.308 e. The van der Waals surface area contributed by atoms with Gasteiger partial charge < -0.3 is 11.1 Å². The molecule has 1 amide bonds. The van der Waals surface area contributed by atoms with Gasteiger partial charge in [0.05, 0.1) is 0 Å². The third kappa shape index (κ3) is 4.33. The quantitative estimate of drug-likeness (QED) is 0.843. The molecule has 1 unspecified atom stereocenters. The number of amides is 1. The van der Waals surface area contributed by atoms with Crippen LogP contribution in [0.2, 0.25) is 0 Å². The predicted molar refractivity (Wildman–Crippen MR) is 98.5 cm³/mol. The largest absolute Gasteiger partial charge is 0.353 e. The van der Waals surface area contributed by atoms with Gasteiger partial charge in [-0.3, -0.25) is 14.2 Å². The van der Waals surface area contributed by atoms with Gasteiger partial charge in [-0.05, 0) is 30.9 Å². The van der Waals surface area contributed by atoms with Crippen LogP contribution in [0.15, 0.2) is 29.1 Å². The van der Waals surface area contributed by atoms with Gasteiger partial charge in [0.1, 0.15) is 6.54 Å². The van der Waals surface area contributed by atoms with E-state index in [1.807, 2.05) is 26.0 Å². The number of carbonyl (C=O) groups is 1. The van der Waals surface area contributed by atoms with E-state index in [2.05, 4.69) is 31.3 Å². The van der Waals surface area contributed by atoms with E-state index in [-0.39, 0.29) is 23.4 Å². The number of aryl methyl sites for hydroxylation is 1. The van der Waals surface area contributed by atoms with Gasteiger partial charge in [-0.1, -0.05) is 49.4 Å². The van der Waals surface area contributed by atoms with E-state index in [0.29, 0.717) is 12.5 Å². The monoisotopic (exact) mass is 347 g/mol. The number of thiazole rings is 1. The van der Waals surface area contributed by atoms with Gasteiger partial charge in [-0.15, -0.1) is 0 Å². The SMILES string of the molecule is Cc1sc(=O)n(CC(=O)NCC(N)c2ccc(C(C)C)cc2)c1C. The van der Waals surface area contributed by atoms with Crippen LogP contribution in [-0.4, -0.2) is 17.0 Å². The lowest BCUT2D eigenvalue weighted by molar-refractivity contribution is -0.121. The Morgan fingerprint density at radius 3 is 2.29 bits per heavy atom. The molecular weight excluding hydrogens is 322 g/mol. The van der Waals surface area contributed by atoms with Crippen LogP contribution in [-0.2, 0) is 11.3 Å². The lowest BCUT2D eigenvalue weighted by Crippen LogP contribution is -2.35. The summed E-state index contributed by atoms with van der Waals surface area (Å²) < 4.78 is 1.50. The standard InChI is InChI=1S/C18H25N3O2S/c1-11(2)14-5-7-15(8-6-14)16(19)9-20-17(22)10-21-12(3)13(4)24-18(21)23/h5-8,11,16H,9-10,19H2,1-4H3,(H,20,22). The molecule has 0 spiro atoms. The molecule has 24 heavy (non-hydrogen) atoms. The highest BCUT2D eigenvalue weighted by Crippen LogP contribution is 2.17. The lowest BCUT2D eigenvalue weighted by Gasteiger charge is -2.15. The molecule has 1 aromatic carbocycles. The van der Waals surface area contributed by atoms with E-state index >= 15 is 0 Å². The maximum Gasteiger partial charge on any atom is 0.308 e. The minimum Gasteiger partial charge on any atom is -0.353 e. The van der Waals surface area contributed by atoms with Gasteiger partial charge in [-0.2, -0.15) is 0 Å². The number of nitrogens with two attached hydrogens (primary N) is 1. The van der Waals surface area contributed by atoms with Crippen LogP contribution in [0.3, 0.4) is 0 Å². The topological polar surface area (TPSA) is 77.1 Å². The summed E-state index contributed by atoms with van der Waals surface area (Å²) in [4.78, 5) is 24.7. The summed E-state index contributed by atoms with van der Waals surface area (Å²) in [6.45, 7) is 8.40. The minimum absolute atomic E-state index is 0.0357. The summed E-state index contributed by atoms with van der Waals surface area (Å²) in [7, 11) is 0. The van der Waals surface area contributed by atoms with Crippen molar-refractivity contribution in [2.24, 2.45) is 5.73 Å². The Hall–Kier alpha value is -1.92. The first-order valence-electron chi connectivity index (χ1n) is 8.08. The number of aromatic nitrogens is 1. The van der Waals surface area contributed by atoms with E-state index in [0.717, 1.165) is 16.1 Å². The van der Waals surface area contributed by atoms with Crippen LogP contribution in [0, 0.1) is 13.8 Å². The summed E-state index contributed by atoms with van der Waals surface area (Å²) in [5.41, 5.74) is 9.23. The second-order valence-corrected chi connectivity index (χ2v) is 7.49. The van der Waals surface area contributed by atoms with Gasteiger partial charge in [0, 0.05) is 23.2 Å². The van der Waals surface area contributed by atoms with Crippen molar-refractivity contribution in [2.75, 3.05) is 6.54 Å². The zero-order valence-electron chi connectivity index (χ0n) is 14.6. The first kappa shape index (κ1) is 18.4. The van der Waals surface area contributed by atoms with E-state index in [9.17, 15) is 9.59 Å².